The number of aromatic nitrogens is 3. The van der Waals surface area contributed by atoms with Crippen LogP contribution in [0.4, 0.5) is 10.2 Å². The van der Waals surface area contributed by atoms with Crippen molar-refractivity contribution in [3.63, 3.8) is 0 Å². The van der Waals surface area contributed by atoms with Crippen molar-refractivity contribution >= 4 is 46.5 Å². The number of carboxylic acid groups (broad SMARTS) is 1. The van der Waals surface area contributed by atoms with Gasteiger partial charge in [0.05, 0.1) is 11.4 Å². The Balaban J connectivity index is 1.60. The zero-order chi connectivity index (χ0) is 21.9. The molecule has 0 aliphatic heterocycles. The standard InChI is InChI=1S/C20H20ClFN4O2S2/c1-20(2,18(27)28)30-19-23-13(11-29-19)8-9-26(3)17-7-6-16(24-25-17)14-5-4-12(21)10-15(14)22/h4-7,10-11H,8-9H2,1-3H3,(H,27,28). The van der Waals surface area contributed by atoms with Gasteiger partial charge in [0.2, 0.25) is 0 Å². The van der Waals surface area contributed by atoms with E-state index in [2.05, 4.69) is 15.2 Å². The first-order valence-corrected chi connectivity index (χ1v) is 11.1. The van der Waals surface area contributed by atoms with Gasteiger partial charge in [-0.3, -0.25) is 4.79 Å². The molecule has 2 aromatic heterocycles. The fourth-order valence-electron chi connectivity index (χ4n) is 2.48. The van der Waals surface area contributed by atoms with E-state index >= 15 is 0 Å². The maximum absolute atomic E-state index is 14.0. The first-order valence-electron chi connectivity index (χ1n) is 9.03. The van der Waals surface area contributed by atoms with E-state index in [-0.39, 0.29) is 0 Å². The third-order valence-corrected chi connectivity index (χ3v) is 6.75. The average Bonchev–Trinajstić information content (AvgIpc) is 3.13. The summed E-state index contributed by atoms with van der Waals surface area (Å²) >= 11 is 8.47. The highest BCUT2D eigenvalue weighted by Gasteiger charge is 2.29. The summed E-state index contributed by atoms with van der Waals surface area (Å²) in [7, 11) is 1.89. The highest BCUT2D eigenvalue weighted by Crippen LogP contribution is 2.34. The van der Waals surface area contributed by atoms with Crippen LogP contribution in [0.3, 0.4) is 0 Å². The van der Waals surface area contributed by atoms with E-state index in [4.69, 9.17) is 11.6 Å². The van der Waals surface area contributed by atoms with Gasteiger partial charge in [0.15, 0.2) is 10.2 Å². The first-order chi connectivity index (χ1) is 14.2. The molecular weight excluding hydrogens is 447 g/mol. The zero-order valence-corrected chi connectivity index (χ0v) is 19.0. The summed E-state index contributed by atoms with van der Waals surface area (Å²) in [6.45, 7) is 3.97. The number of carboxylic acids is 1. The maximum atomic E-state index is 14.0. The molecule has 0 unspecified atom stereocenters. The lowest BCUT2D eigenvalue weighted by Crippen LogP contribution is -2.26. The summed E-state index contributed by atoms with van der Waals surface area (Å²) in [5.41, 5.74) is 1.67. The minimum atomic E-state index is -0.924. The number of thiazole rings is 1. The Kier molecular flexibility index (Phi) is 6.95. The van der Waals surface area contributed by atoms with Crippen LogP contribution in [0, 0.1) is 5.82 Å². The van der Waals surface area contributed by atoms with Crippen molar-refractivity contribution in [3.8, 4) is 11.3 Å². The van der Waals surface area contributed by atoms with Crippen LogP contribution in [0.5, 0.6) is 0 Å². The van der Waals surface area contributed by atoms with Crippen molar-refractivity contribution in [1.82, 2.24) is 15.2 Å². The molecule has 10 heteroatoms. The summed E-state index contributed by atoms with van der Waals surface area (Å²) in [5.74, 6) is -0.657. The van der Waals surface area contributed by atoms with Crippen molar-refractivity contribution in [2.24, 2.45) is 0 Å². The van der Waals surface area contributed by atoms with E-state index in [0.29, 0.717) is 35.1 Å². The van der Waals surface area contributed by atoms with Crippen LogP contribution < -0.4 is 4.90 Å². The molecule has 0 radical (unpaired) electrons. The number of carbonyl (C=O) groups is 1. The normalized spacial score (nSPS) is 11.5. The monoisotopic (exact) mass is 466 g/mol. The van der Waals surface area contributed by atoms with E-state index < -0.39 is 16.5 Å². The van der Waals surface area contributed by atoms with Gasteiger partial charge in [-0.05, 0) is 44.2 Å². The summed E-state index contributed by atoms with van der Waals surface area (Å²) in [6.07, 6.45) is 0.677. The number of likely N-dealkylation sites (N-methyl/N-ethyl adjacent to an activating group) is 1. The molecule has 0 saturated carbocycles. The van der Waals surface area contributed by atoms with Gasteiger partial charge in [-0.15, -0.1) is 21.5 Å². The Bertz CT molecular complexity index is 1040. The van der Waals surface area contributed by atoms with Crippen molar-refractivity contribution in [1.29, 1.82) is 0 Å². The van der Waals surface area contributed by atoms with Crippen LogP contribution in [-0.2, 0) is 11.2 Å². The molecule has 158 valence electrons. The number of hydrogen-bond acceptors (Lipinski definition) is 7. The predicted octanol–water partition coefficient (Wildman–Crippen LogP) is 5.03. The Morgan fingerprint density at radius 1 is 1.30 bits per heavy atom. The van der Waals surface area contributed by atoms with Gasteiger partial charge < -0.3 is 10.0 Å². The van der Waals surface area contributed by atoms with Crippen LogP contribution in [0.2, 0.25) is 5.02 Å². The third-order valence-electron chi connectivity index (χ3n) is 4.34. The number of benzene rings is 1. The molecule has 0 bridgehead atoms. The number of nitrogens with zero attached hydrogens (tertiary/aromatic N) is 4. The van der Waals surface area contributed by atoms with Crippen LogP contribution in [-0.4, -0.2) is 44.6 Å². The molecule has 0 saturated heterocycles. The molecule has 30 heavy (non-hydrogen) atoms. The molecule has 0 aliphatic rings. The van der Waals surface area contributed by atoms with Crippen molar-refractivity contribution in [2.75, 3.05) is 18.5 Å². The minimum Gasteiger partial charge on any atom is -0.480 e. The Hall–Kier alpha value is -2.23. The first kappa shape index (κ1) is 22.5. The molecule has 0 aliphatic carbocycles. The number of rotatable bonds is 8. The SMILES string of the molecule is CN(CCc1csc(SC(C)(C)C(=O)O)n1)c1ccc(-c2ccc(Cl)cc2F)nn1. The second-order valence-electron chi connectivity index (χ2n) is 7.09. The molecule has 3 rings (SSSR count). The summed E-state index contributed by atoms with van der Waals surface area (Å²) < 4.78 is 13.9. The maximum Gasteiger partial charge on any atom is 0.319 e. The van der Waals surface area contributed by atoms with Crippen molar-refractivity contribution in [2.45, 2.75) is 29.4 Å². The van der Waals surface area contributed by atoms with Gasteiger partial charge in [0.25, 0.3) is 0 Å². The number of thioether (sulfide) groups is 1. The lowest BCUT2D eigenvalue weighted by Gasteiger charge is -2.17. The van der Waals surface area contributed by atoms with Gasteiger partial charge in [-0.2, -0.15) is 0 Å². The molecule has 0 atom stereocenters. The Morgan fingerprint density at radius 2 is 2.07 bits per heavy atom. The molecule has 1 aromatic carbocycles. The summed E-state index contributed by atoms with van der Waals surface area (Å²) in [5, 5.41) is 19.8. The topological polar surface area (TPSA) is 79.2 Å². The highest BCUT2D eigenvalue weighted by molar-refractivity contribution is 8.02. The van der Waals surface area contributed by atoms with Crippen molar-refractivity contribution in [3.05, 3.63) is 52.2 Å². The average molecular weight is 467 g/mol. The predicted molar refractivity (Wildman–Crippen MR) is 119 cm³/mol. The van der Waals surface area contributed by atoms with Gasteiger partial charge in [0, 0.05) is 36.0 Å². The van der Waals surface area contributed by atoms with E-state index in [1.807, 2.05) is 17.3 Å². The summed E-state index contributed by atoms with van der Waals surface area (Å²) in [6, 6.07) is 7.94. The molecule has 2 heterocycles. The molecule has 0 amide bonds. The Labute approximate surface area is 187 Å². The minimum absolute atomic E-state index is 0.329. The third kappa shape index (κ3) is 5.47. The van der Waals surface area contributed by atoms with Gasteiger partial charge in [0.1, 0.15) is 10.6 Å². The Morgan fingerprint density at radius 3 is 2.70 bits per heavy atom. The van der Waals surface area contributed by atoms with Crippen LogP contribution >= 0.6 is 34.7 Å². The fourth-order valence-corrected chi connectivity index (χ4v) is 4.86. The zero-order valence-electron chi connectivity index (χ0n) is 16.6. The molecule has 0 fully saturated rings. The lowest BCUT2D eigenvalue weighted by molar-refractivity contribution is -0.138. The second kappa shape index (κ2) is 9.28. The largest absolute Gasteiger partial charge is 0.480 e. The summed E-state index contributed by atoms with van der Waals surface area (Å²) in [4.78, 5) is 17.7. The van der Waals surface area contributed by atoms with Crippen molar-refractivity contribution < 1.29 is 14.3 Å². The van der Waals surface area contributed by atoms with Crippen LogP contribution in [0.1, 0.15) is 19.5 Å². The van der Waals surface area contributed by atoms with E-state index in [1.54, 1.807) is 38.1 Å². The van der Waals surface area contributed by atoms with Crippen LogP contribution in [0.15, 0.2) is 40.1 Å². The number of halogens is 2. The second-order valence-corrected chi connectivity index (χ2v) is 10.3. The number of anilines is 1. The van der Waals surface area contributed by atoms with E-state index in [9.17, 15) is 14.3 Å². The number of hydrogen-bond donors (Lipinski definition) is 1. The van der Waals surface area contributed by atoms with Gasteiger partial charge >= 0.3 is 5.97 Å². The fraction of sp³-hybridized carbons (Fsp3) is 0.300. The van der Waals surface area contributed by atoms with Gasteiger partial charge in [-0.25, -0.2) is 9.37 Å². The van der Waals surface area contributed by atoms with E-state index in [1.165, 1.54) is 29.2 Å². The number of aliphatic carboxylic acids is 1. The quantitative estimate of drug-likeness (QED) is 0.466. The molecular formula is C20H20ClFN4O2S2. The molecule has 1 N–H and O–H groups in total. The molecule has 3 aromatic rings. The van der Waals surface area contributed by atoms with E-state index in [0.717, 1.165) is 10.0 Å². The van der Waals surface area contributed by atoms with Gasteiger partial charge in [-0.1, -0.05) is 23.4 Å². The highest BCUT2D eigenvalue weighted by atomic mass is 35.5. The molecule has 0 spiro atoms. The lowest BCUT2D eigenvalue weighted by atomic mass is 10.1. The van der Waals surface area contributed by atoms with Crippen LogP contribution in [0.25, 0.3) is 11.3 Å². The smallest absolute Gasteiger partial charge is 0.319 e. The molecule has 6 nitrogen and oxygen atoms in total.